The fourth-order valence-electron chi connectivity index (χ4n) is 3.44. The molecule has 110 valence electrons. The van der Waals surface area contributed by atoms with Crippen LogP contribution in [0.4, 0.5) is 5.95 Å². The second-order valence-corrected chi connectivity index (χ2v) is 6.15. The zero-order valence-corrected chi connectivity index (χ0v) is 11.9. The largest absolute Gasteiger partial charge is 0.349 e. The lowest BCUT2D eigenvalue weighted by Gasteiger charge is -2.31. The molecule has 0 amide bonds. The quantitative estimate of drug-likeness (QED) is 0.894. The topological polar surface area (TPSA) is 92.3 Å². The molecule has 7 heteroatoms. The highest BCUT2D eigenvalue weighted by Gasteiger charge is 2.49. The predicted molar refractivity (Wildman–Crippen MR) is 77.4 cm³/mol. The minimum Gasteiger partial charge on any atom is -0.349 e. The van der Waals surface area contributed by atoms with Crippen LogP contribution >= 0.6 is 0 Å². The third-order valence-electron chi connectivity index (χ3n) is 4.79. The molecule has 0 saturated heterocycles. The van der Waals surface area contributed by atoms with Crippen molar-refractivity contribution in [3.63, 3.8) is 0 Å². The lowest BCUT2D eigenvalue weighted by Crippen LogP contribution is -2.33. The monoisotopic (exact) mass is 285 g/mol. The van der Waals surface area contributed by atoms with Gasteiger partial charge in [-0.25, -0.2) is 9.97 Å². The van der Waals surface area contributed by atoms with Gasteiger partial charge in [0, 0.05) is 17.9 Å². The van der Waals surface area contributed by atoms with Crippen molar-refractivity contribution in [2.24, 2.45) is 5.92 Å². The number of nitrogens with zero attached hydrogens (tertiary/aromatic N) is 5. The number of rotatable bonds is 4. The fraction of sp³-hybridized carbons (Fsp3) is 0.643. The molecule has 0 radical (unpaired) electrons. The molecule has 2 aliphatic rings. The zero-order chi connectivity index (χ0) is 14.1. The van der Waals surface area contributed by atoms with Crippen LogP contribution in [-0.4, -0.2) is 36.1 Å². The van der Waals surface area contributed by atoms with Gasteiger partial charge in [-0.3, -0.25) is 0 Å². The van der Waals surface area contributed by atoms with E-state index >= 15 is 0 Å². The van der Waals surface area contributed by atoms with Crippen molar-refractivity contribution in [2.45, 2.75) is 50.5 Å². The van der Waals surface area contributed by atoms with E-state index in [1.165, 1.54) is 44.9 Å². The van der Waals surface area contributed by atoms with Crippen LogP contribution in [0.2, 0.25) is 0 Å². The van der Waals surface area contributed by atoms with Crippen LogP contribution in [0.1, 0.15) is 44.9 Å². The number of aromatic nitrogens is 6. The summed E-state index contributed by atoms with van der Waals surface area (Å²) in [7, 11) is 0. The Bertz CT molecular complexity index is 582. The van der Waals surface area contributed by atoms with Gasteiger partial charge in [0.05, 0.1) is 5.56 Å². The van der Waals surface area contributed by atoms with Crippen LogP contribution in [-0.2, 0) is 0 Å². The van der Waals surface area contributed by atoms with Crippen LogP contribution in [0.5, 0.6) is 0 Å². The Balaban J connectivity index is 1.47. The first-order valence-electron chi connectivity index (χ1n) is 7.70. The maximum absolute atomic E-state index is 4.41. The van der Waals surface area contributed by atoms with Gasteiger partial charge in [0.2, 0.25) is 11.8 Å². The number of aromatic amines is 1. The molecule has 2 aliphatic carbocycles. The van der Waals surface area contributed by atoms with Crippen LogP contribution in [0, 0.1) is 5.92 Å². The highest BCUT2D eigenvalue weighted by molar-refractivity contribution is 5.52. The Morgan fingerprint density at radius 3 is 2.48 bits per heavy atom. The second-order valence-electron chi connectivity index (χ2n) is 6.15. The third-order valence-corrected chi connectivity index (χ3v) is 4.79. The Morgan fingerprint density at radius 1 is 1.10 bits per heavy atom. The van der Waals surface area contributed by atoms with Crippen molar-refractivity contribution < 1.29 is 0 Å². The summed E-state index contributed by atoms with van der Waals surface area (Å²) >= 11 is 0. The molecule has 0 atom stereocenters. The van der Waals surface area contributed by atoms with E-state index in [4.69, 9.17) is 0 Å². The van der Waals surface area contributed by atoms with Crippen LogP contribution in [0.25, 0.3) is 11.4 Å². The van der Waals surface area contributed by atoms with E-state index < -0.39 is 0 Å². The molecule has 2 aromatic rings. The zero-order valence-electron chi connectivity index (χ0n) is 11.9. The molecule has 0 bridgehead atoms. The lowest BCUT2D eigenvalue weighted by atomic mass is 9.82. The van der Waals surface area contributed by atoms with Gasteiger partial charge in [-0.2, -0.15) is 5.21 Å². The van der Waals surface area contributed by atoms with Gasteiger partial charge in [0.15, 0.2) is 0 Å². The Kier molecular flexibility index (Phi) is 3.05. The minimum atomic E-state index is 0.258. The molecule has 0 aromatic carbocycles. The molecule has 2 aromatic heterocycles. The first-order valence-corrected chi connectivity index (χ1v) is 7.70. The van der Waals surface area contributed by atoms with Crippen molar-refractivity contribution in [1.29, 1.82) is 0 Å². The average molecular weight is 285 g/mol. The molecule has 2 N–H and O–H groups in total. The van der Waals surface area contributed by atoms with E-state index in [-0.39, 0.29) is 5.54 Å². The average Bonchev–Trinajstić information content (AvgIpc) is 3.12. The fourth-order valence-corrected chi connectivity index (χ4v) is 3.44. The van der Waals surface area contributed by atoms with E-state index in [2.05, 4.69) is 35.9 Å². The maximum Gasteiger partial charge on any atom is 0.223 e. The van der Waals surface area contributed by atoms with Crippen molar-refractivity contribution in [3.05, 3.63) is 12.4 Å². The number of H-pyrrole nitrogens is 1. The molecule has 7 nitrogen and oxygen atoms in total. The highest BCUT2D eigenvalue weighted by atomic mass is 15.5. The van der Waals surface area contributed by atoms with Gasteiger partial charge >= 0.3 is 0 Å². The van der Waals surface area contributed by atoms with Crippen molar-refractivity contribution in [1.82, 2.24) is 30.6 Å². The van der Waals surface area contributed by atoms with Crippen molar-refractivity contribution >= 4 is 5.95 Å². The van der Waals surface area contributed by atoms with Crippen molar-refractivity contribution in [2.75, 3.05) is 5.32 Å². The number of nitrogens with one attached hydrogen (secondary N) is 2. The summed E-state index contributed by atoms with van der Waals surface area (Å²) in [5.41, 5.74) is 1.03. The summed E-state index contributed by atoms with van der Waals surface area (Å²) in [6.45, 7) is 0. The third kappa shape index (κ3) is 2.48. The van der Waals surface area contributed by atoms with Gasteiger partial charge in [0.25, 0.3) is 0 Å². The van der Waals surface area contributed by atoms with E-state index in [1.54, 1.807) is 12.4 Å². The van der Waals surface area contributed by atoms with Crippen LogP contribution in [0.3, 0.4) is 0 Å². The highest BCUT2D eigenvalue weighted by Crippen LogP contribution is 2.49. The van der Waals surface area contributed by atoms with E-state index in [1.807, 2.05) is 0 Å². The minimum absolute atomic E-state index is 0.258. The van der Waals surface area contributed by atoms with E-state index in [0.29, 0.717) is 11.8 Å². The number of hydrogen-bond donors (Lipinski definition) is 2. The molecular formula is C14H19N7. The predicted octanol–water partition coefficient (Wildman–Crippen LogP) is 2.18. The smallest absolute Gasteiger partial charge is 0.223 e. The van der Waals surface area contributed by atoms with Crippen LogP contribution in [0.15, 0.2) is 12.4 Å². The summed E-state index contributed by atoms with van der Waals surface area (Å²) in [5.74, 6) is 2.02. The Hall–Kier alpha value is -2.05. The standard InChI is InChI=1S/C14H19N7/c1-2-4-11(5-3-1)14(6-7-14)17-13-15-8-10(9-16-13)12-18-20-21-19-12/h8-9,11H,1-7H2,(H,15,16,17)(H,18,19,20,21). The Morgan fingerprint density at radius 2 is 1.86 bits per heavy atom. The molecule has 2 heterocycles. The summed E-state index contributed by atoms with van der Waals surface area (Å²) in [6, 6.07) is 0. The van der Waals surface area contributed by atoms with Gasteiger partial charge in [-0.1, -0.05) is 19.3 Å². The number of hydrogen-bond acceptors (Lipinski definition) is 6. The number of tetrazole rings is 1. The second kappa shape index (κ2) is 5.05. The van der Waals surface area contributed by atoms with Gasteiger partial charge < -0.3 is 5.32 Å². The molecule has 0 unspecified atom stereocenters. The summed E-state index contributed by atoms with van der Waals surface area (Å²) in [4.78, 5) is 8.82. The van der Waals surface area contributed by atoms with E-state index in [9.17, 15) is 0 Å². The van der Waals surface area contributed by atoms with Crippen molar-refractivity contribution in [3.8, 4) is 11.4 Å². The lowest BCUT2D eigenvalue weighted by molar-refractivity contribution is 0.305. The summed E-state index contributed by atoms with van der Waals surface area (Å²) in [5, 5.41) is 17.4. The van der Waals surface area contributed by atoms with E-state index in [0.717, 1.165) is 11.5 Å². The summed E-state index contributed by atoms with van der Waals surface area (Å²) in [6.07, 6.45) is 12.8. The molecule has 2 saturated carbocycles. The summed E-state index contributed by atoms with van der Waals surface area (Å²) < 4.78 is 0. The molecular weight excluding hydrogens is 266 g/mol. The molecule has 4 rings (SSSR count). The van der Waals surface area contributed by atoms with Gasteiger partial charge in [0.1, 0.15) is 0 Å². The Labute approximate surface area is 123 Å². The van der Waals surface area contributed by atoms with Gasteiger partial charge in [-0.15, -0.1) is 10.2 Å². The number of anilines is 1. The first kappa shape index (κ1) is 12.7. The van der Waals surface area contributed by atoms with Gasteiger partial charge in [-0.05, 0) is 36.8 Å². The molecule has 0 spiro atoms. The maximum atomic E-state index is 4.41. The first-order chi connectivity index (χ1) is 10.4. The molecule has 21 heavy (non-hydrogen) atoms. The molecule has 2 fully saturated rings. The SMILES string of the molecule is c1nc(NC2(C3CCCCC3)CC2)ncc1-c1nn[nH]n1. The molecule has 0 aliphatic heterocycles. The normalized spacial score (nSPS) is 21.1. The van der Waals surface area contributed by atoms with Crippen LogP contribution < -0.4 is 5.32 Å².